The molecule has 1 aliphatic carbocycles. The number of benzene rings is 1. The Kier molecular flexibility index (Phi) is 4.48. The lowest BCUT2D eigenvalue weighted by atomic mass is 10.2. The molecule has 1 aromatic carbocycles. The fourth-order valence-corrected chi connectivity index (χ4v) is 2.91. The van der Waals surface area contributed by atoms with Crippen LogP contribution >= 0.6 is 0 Å². The predicted octanol–water partition coefficient (Wildman–Crippen LogP) is 1.60. The number of alkyl halides is 3. The number of hydrogen-bond acceptors (Lipinski definition) is 3. The molecule has 0 saturated heterocycles. The van der Waals surface area contributed by atoms with Gasteiger partial charge in [0.05, 0.1) is 17.0 Å². The highest BCUT2D eigenvalue weighted by Gasteiger charge is 2.31. The topological polar surface area (TPSA) is 66.5 Å². The van der Waals surface area contributed by atoms with Gasteiger partial charge in [-0.25, -0.2) is 8.42 Å². The molecule has 0 radical (unpaired) electrons. The SMILES string of the molecule is CN(CC(=O)NC1CC1)S(=O)(=O)c1ccc(C(F)(F)F)cc1. The summed E-state index contributed by atoms with van der Waals surface area (Å²) in [5, 5.41) is 2.64. The predicted molar refractivity (Wildman–Crippen MR) is 72.4 cm³/mol. The number of rotatable bonds is 5. The molecule has 122 valence electrons. The monoisotopic (exact) mass is 336 g/mol. The van der Waals surface area contributed by atoms with Gasteiger partial charge in [0.1, 0.15) is 0 Å². The molecule has 0 unspecified atom stereocenters. The molecule has 1 aromatic rings. The van der Waals surface area contributed by atoms with E-state index in [1.54, 1.807) is 0 Å². The van der Waals surface area contributed by atoms with Crippen LogP contribution in [-0.4, -0.2) is 38.3 Å². The Morgan fingerprint density at radius 2 is 1.82 bits per heavy atom. The maximum absolute atomic E-state index is 12.5. The van der Waals surface area contributed by atoms with Gasteiger partial charge >= 0.3 is 6.18 Å². The van der Waals surface area contributed by atoms with Crippen LogP contribution in [0.4, 0.5) is 13.2 Å². The van der Waals surface area contributed by atoms with Crippen molar-refractivity contribution < 1.29 is 26.4 Å². The molecule has 1 N–H and O–H groups in total. The van der Waals surface area contributed by atoms with Crippen LogP contribution in [0.2, 0.25) is 0 Å². The number of amides is 1. The van der Waals surface area contributed by atoms with Gasteiger partial charge in [-0.1, -0.05) is 0 Å². The standard InChI is InChI=1S/C13H15F3N2O3S/c1-18(8-12(19)17-10-4-5-10)22(20,21)11-6-2-9(3-7-11)13(14,15)16/h2-3,6-7,10H,4-5,8H2,1H3,(H,17,19). The van der Waals surface area contributed by atoms with Gasteiger partial charge in [-0.15, -0.1) is 0 Å². The number of nitrogens with zero attached hydrogens (tertiary/aromatic N) is 1. The van der Waals surface area contributed by atoms with E-state index in [0.29, 0.717) is 12.1 Å². The van der Waals surface area contributed by atoms with Gasteiger partial charge in [0, 0.05) is 13.1 Å². The van der Waals surface area contributed by atoms with Crippen LogP contribution in [0.3, 0.4) is 0 Å². The minimum absolute atomic E-state index is 0.106. The van der Waals surface area contributed by atoms with Gasteiger partial charge in [-0.3, -0.25) is 4.79 Å². The van der Waals surface area contributed by atoms with Crippen LogP contribution in [0, 0.1) is 0 Å². The highest BCUT2D eigenvalue weighted by atomic mass is 32.2. The Bertz CT molecular complexity index is 652. The molecule has 1 saturated carbocycles. The number of nitrogens with one attached hydrogen (secondary N) is 1. The molecule has 5 nitrogen and oxygen atoms in total. The molecule has 0 spiro atoms. The first-order valence-electron chi connectivity index (χ1n) is 6.53. The molecule has 0 aliphatic heterocycles. The minimum atomic E-state index is -4.53. The third kappa shape index (κ3) is 3.98. The summed E-state index contributed by atoms with van der Waals surface area (Å²) in [6.07, 6.45) is -2.78. The Morgan fingerprint density at radius 1 is 1.27 bits per heavy atom. The quantitative estimate of drug-likeness (QED) is 0.888. The smallest absolute Gasteiger partial charge is 0.352 e. The number of hydrogen-bond donors (Lipinski definition) is 1. The van der Waals surface area contributed by atoms with E-state index in [4.69, 9.17) is 0 Å². The van der Waals surface area contributed by atoms with Gasteiger partial charge in [0.15, 0.2) is 0 Å². The normalized spacial score (nSPS) is 15.9. The first kappa shape index (κ1) is 16.8. The van der Waals surface area contributed by atoms with Crippen molar-refractivity contribution in [1.82, 2.24) is 9.62 Å². The summed E-state index contributed by atoms with van der Waals surface area (Å²) in [4.78, 5) is 11.3. The summed E-state index contributed by atoms with van der Waals surface area (Å²) in [7, 11) is -2.80. The number of likely N-dealkylation sites (N-methyl/N-ethyl adjacent to an activating group) is 1. The van der Waals surface area contributed by atoms with E-state index < -0.39 is 27.7 Å². The van der Waals surface area contributed by atoms with Crippen molar-refractivity contribution in [2.24, 2.45) is 0 Å². The maximum Gasteiger partial charge on any atom is 0.416 e. The molecule has 0 bridgehead atoms. The third-order valence-electron chi connectivity index (χ3n) is 3.20. The molecular formula is C13H15F3N2O3S. The van der Waals surface area contributed by atoms with Gasteiger partial charge < -0.3 is 5.32 Å². The highest BCUT2D eigenvalue weighted by molar-refractivity contribution is 7.89. The zero-order chi connectivity index (χ0) is 16.5. The molecule has 1 amide bonds. The maximum atomic E-state index is 12.5. The molecule has 0 aromatic heterocycles. The summed E-state index contributed by atoms with van der Waals surface area (Å²) < 4.78 is 62.6. The highest BCUT2D eigenvalue weighted by Crippen LogP contribution is 2.30. The average molecular weight is 336 g/mol. The molecule has 0 heterocycles. The van der Waals surface area contributed by atoms with Crippen molar-refractivity contribution in [3.05, 3.63) is 29.8 Å². The van der Waals surface area contributed by atoms with Crippen molar-refractivity contribution in [2.75, 3.05) is 13.6 Å². The lowest BCUT2D eigenvalue weighted by Gasteiger charge is -2.17. The van der Waals surface area contributed by atoms with Gasteiger partial charge in [-0.05, 0) is 37.1 Å². The van der Waals surface area contributed by atoms with E-state index in [2.05, 4.69) is 5.32 Å². The van der Waals surface area contributed by atoms with Crippen LogP contribution < -0.4 is 5.32 Å². The number of sulfonamides is 1. The van der Waals surface area contributed by atoms with Gasteiger partial charge in [-0.2, -0.15) is 17.5 Å². The number of carbonyl (C=O) groups is 1. The molecule has 0 atom stereocenters. The van der Waals surface area contributed by atoms with Crippen molar-refractivity contribution in [3.63, 3.8) is 0 Å². The van der Waals surface area contributed by atoms with Gasteiger partial charge in [0.25, 0.3) is 0 Å². The molecule has 9 heteroatoms. The van der Waals surface area contributed by atoms with Crippen LogP contribution in [0.1, 0.15) is 18.4 Å². The first-order chi connectivity index (χ1) is 10.1. The molecule has 22 heavy (non-hydrogen) atoms. The zero-order valence-corrected chi connectivity index (χ0v) is 12.5. The van der Waals surface area contributed by atoms with Crippen LogP contribution in [0.15, 0.2) is 29.2 Å². The lowest BCUT2D eigenvalue weighted by molar-refractivity contribution is -0.137. The van der Waals surface area contributed by atoms with E-state index in [-0.39, 0.29) is 17.5 Å². The van der Waals surface area contributed by atoms with E-state index in [1.807, 2.05) is 0 Å². The fraction of sp³-hybridized carbons (Fsp3) is 0.462. The van der Waals surface area contributed by atoms with Crippen LogP contribution in [0.25, 0.3) is 0 Å². The Hall–Kier alpha value is -1.61. The summed E-state index contributed by atoms with van der Waals surface area (Å²) >= 11 is 0. The second-order valence-corrected chi connectivity index (χ2v) is 7.17. The van der Waals surface area contributed by atoms with Gasteiger partial charge in [0.2, 0.25) is 15.9 Å². The largest absolute Gasteiger partial charge is 0.416 e. The van der Waals surface area contributed by atoms with E-state index in [9.17, 15) is 26.4 Å². The molecular weight excluding hydrogens is 321 g/mol. The Labute approximate surface area is 126 Å². The summed E-state index contributed by atoms with van der Waals surface area (Å²) in [6, 6.07) is 3.27. The van der Waals surface area contributed by atoms with Crippen molar-refractivity contribution in [2.45, 2.75) is 30.0 Å². The lowest BCUT2D eigenvalue weighted by Crippen LogP contribution is -2.39. The fourth-order valence-electron chi connectivity index (χ4n) is 1.78. The second kappa shape index (κ2) is 5.88. The van der Waals surface area contributed by atoms with Crippen molar-refractivity contribution in [3.8, 4) is 0 Å². The van der Waals surface area contributed by atoms with Crippen LogP contribution in [-0.2, 0) is 21.0 Å². The summed E-state index contributed by atoms with van der Waals surface area (Å²) in [6.45, 7) is -0.375. The first-order valence-corrected chi connectivity index (χ1v) is 7.97. The average Bonchev–Trinajstić information content (AvgIpc) is 3.21. The second-order valence-electron chi connectivity index (χ2n) is 5.13. The number of halogens is 3. The van der Waals surface area contributed by atoms with E-state index >= 15 is 0 Å². The summed E-state index contributed by atoms with van der Waals surface area (Å²) in [5.41, 5.74) is -0.930. The molecule has 1 aliphatic rings. The molecule has 1 fully saturated rings. The third-order valence-corrected chi connectivity index (χ3v) is 5.02. The summed E-state index contributed by atoms with van der Waals surface area (Å²) in [5.74, 6) is -0.430. The zero-order valence-electron chi connectivity index (χ0n) is 11.7. The van der Waals surface area contributed by atoms with Crippen molar-refractivity contribution in [1.29, 1.82) is 0 Å². The number of carbonyl (C=O) groups excluding carboxylic acids is 1. The molecule has 2 rings (SSSR count). The van der Waals surface area contributed by atoms with E-state index in [0.717, 1.165) is 29.3 Å². The minimum Gasteiger partial charge on any atom is -0.352 e. The van der Waals surface area contributed by atoms with Crippen molar-refractivity contribution >= 4 is 15.9 Å². The van der Waals surface area contributed by atoms with E-state index in [1.165, 1.54) is 7.05 Å². The van der Waals surface area contributed by atoms with Crippen LogP contribution in [0.5, 0.6) is 0 Å². The Balaban J connectivity index is 2.09. The Morgan fingerprint density at radius 3 is 2.27 bits per heavy atom.